The summed E-state index contributed by atoms with van der Waals surface area (Å²) in [7, 11) is 0. The molecular formula is C31H54O3. The highest BCUT2D eigenvalue weighted by Crippen LogP contribution is 2.71. The molecule has 0 aromatic carbocycles. The number of fused-ring (bicyclic) bond motifs is 4. The van der Waals surface area contributed by atoms with Gasteiger partial charge in [0.05, 0.1) is 11.7 Å². The third kappa shape index (κ3) is 4.15. The summed E-state index contributed by atoms with van der Waals surface area (Å²) in [6, 6.07) is 0. The summed E-state index contributed by atoms with van der Waals surface area (Å²) in [5, 5.41) is 20.4. The average molecular weight is 475 g/mol. The van der Waals surface area contributed by atoms with Crippen molar-refractivity contribution in [3.05, 3.63) is 11.1 Å². The van der Waals surface area contributed by atoms with Crippen LogP contribution in [-0.2, 0) is 4.79 Å². The number of hydrogen-bond acceptors (Lipinski definition) is 3. The molecule has 0 spiro atoms. The van der Waals surface area contributed by atoms with Crippen LogP contribution < -0.4 is 0 Å². The number of carbonyl (C=O) groups is 1. The Bertz CT molecular complexity index is 802. The summed E-state index contributed by atoms with van der Waals surface area (Å²) < 4.78 is 0. The standard InChI is InChI=1S/C29H48O3.C2H6/c1-25(2)22-12-11-21-20(27(22,5)16-15-23(25)30)14-18-28(6)19(13-17-29(21,28)7)9-8-10-24(31)26(3,4)32;1-2/h19,22,24,31-32H,8-18H2,1-7H3;1-2H3/t19?,22?,24?,27-,28-,29+;/m1./s1. The number of Topliss-reactive ketones (excluding diaryl/α,β-unsaturated/α-hetero) is 1. The molecule has 4 aliphatic carbocycles. The van der Waals surface area contributed by atoms with Crippen molar-refractivity contribution in [2.75, 3.05) is 0 Å². The first-order valence-corrected chi connectivity index (χ1v) is 14.3. The molecule has 4 rings (SSSR count). The summed E-state index contributed by atoms with van der Waals surface area (Å²) in [5.41, 5.74) is 3.12. The van der Waals surface area contributed by atoms with Gasteiger partial charge < -0.3 is 10.2 Å². The highest BCUT2D eigenvalue weighted by Gasteiger charge is 2.62. The summed E-state index contributed by atoms with van der Waals surface area (Å²) in [4.78, 5) is 12.8. The number of rotatable bonds is 5. The molecule has 0 radical (unpaired) electrons. The van der Waals surface area contributed by atoms with Crippen LogP contribution in [0.1, 0.15) is 133 Å². The zero-order valence-corrected chi connectivity index (χ0v) is 23.8. The van der Waals surface area contributed by atoms with Gasteiger partial charge in [0.1, 0.15) is 5.78 Å². The van der Waals surface area contributed by atoms with Crippen LogP contribution in [0.4, 0.5) is 0 Å². The summed E-state index contributed by atoms with van der Waals surface area (Å²) >= 11 is 0. The second-order valence-electron chi connectivity index (χ2n) is 13.7. The van der Waals surface area contributed by atoms with Crippen molar-refractivity contribution in [2.24, 2.45) is 33.5 Å². The number of ketones is 1. The van der Waals surface area contributed by atoms with Gasteiger partial charge in [-0.05, 0) is 99.7 Å². The predicted octanol–water partition coefficient (Wildman–Crippen LogP) is 7.63. The van der Waals surface area contributed by atoms with E-state index in [1.54, 1.807) is 25.0 Å². The topological polar surface area (TPSA) is 57.5 Å². The van der Waals surface area contributed by atoms with E-state index in [1.165, 1.54) is 38.5 Å². The van der Waals surface area contributed by atoms with Crippen molar-refractivity contribution in [3.63, 3.8) is 0 Å². The second kappa shape index (κ2) is 9.33. The molecule has 3 heteroatoms. The summed E-state index contributed by atoms with van der Waals surface area (Å²) in [6.45, 7) is 19.5. The number of allylic oxidation sites excluding steroid dienone is 2. The first-order chi connectivity index (χ1) is 15.7. The minimum absolute atomic E-state index is 0.188. The van der Waals surface area contributed by atoms with Crippen molar-refractivity contribution < 1.29 is 15.0 Å². The van der Waals surface area contributed by atoms with Gasteiger partial charge >= 0.3 is 0 Å². The number of hydrogen-bond donors (Lipinski definition) is 2. The van der Waals surface area contributed by atoms with Gasteiger partial charge in [0.25, 0.3) is 0 Å². The molecule has 2 N–H and O–H groups in total. The molecule has 2 saturated carbocycles. The van der Waals surface area contributed by atoms with Crippen LogP contribution in [-0.4, -0.2) is 27.7 Å². The van der Waals surface area contributed by atoms with Gasteiger partial charge in [-0.3, -0.25) is 4.79 Å². The first-order valence-electron chi connectivity index (χ1n) is 14.3. The minimum Gasteiger partial charge on any atom is -0.390 e. The molecule has 3 unspecified atom stereocenters. The van der Waals surface area contributed by atoms with Crippen molar-refractivity contribution in [2.45, 2.75) is 145 Å². The normalized spacial score (nSPS) is 40.0. The van der Waals surface area contributed by atoms with Crippen LogP contribution in [0.2, 0.25) is 0 Å². The zero-order chi connectivity index (χ0) is 25.7. The van der Waals surface area contributed by atoms with Crippen LogP contribution in [0.5, 0.6) is 0 Å². The average Bonchev–Trinajstić information content (AvgIpc) is 3.03. The molecule has 0 heterocycles. The molecular weight excluding hydrogens is 420 g/mol. The lowest BCUT2D eigenvalue weighted by Gasteiger charge is -2.60. The highest BCUT2D eigenvalue weighted by molar-refractivity contribution is 5.85. The van der Waals surface area contributed by atoms with E-state index < -0.39 is 11.7 Å². The monoisotopic (exact) mass is 474 g/mol. The van der Waals surface area contributed by atoms with Gasteiger partial charge in [0, 0.05) is 11.8 Å². The molecule has 3 nitrogen and oxygen atoms in total. The van der Waals surface area contributed by atoms with Crippen molar-refractivity contribution in [1.29, 1.82) is 0 Å². The van der Waals surface area contributed by atoms with E-state index in [0.29, 0.717) is 29.5 Å². The van der Waals surface area contributed by atoms with E-state index in [1.807, 2.05) is 13.8 Å². The SMILES string of the molecule is CC.CC(C)(O)C(O)CCCC1CC[C@@]2(C)C3=C(CC[C@]12C)[C@@]1(C)CCC(=O)C(C)(C)C1CC3. The first kappa shape index (κ1) is 27.9. The van der Waals surface area contributed by atoms with Crippen LogP contribution in [0, 0.1) is 33.5 Å². The Kier molecular flexibility index (Phi) is 7.66. The second-order valence-corrected chi connectivity index (χ2v) is 13.7. The maximum Gasteiger partial charge on any atom is 0.138 e. The fraction of sp³-hybridized carbons (Fsp3) is 0.903. The van der Waals surface area contributed by atoms with Gasteiger partial charge in [-0.2, -0.15) is 0 Å². The lowest BCUT2D eigenvalue weighted by molar-refractivity contribution is -0.139. The Morgan fingerprint density at radius 2 is 1.59 bits per heavy atom. The Labute approximate surface area is 210 Å². The summed E-state index contributed by atoms with van der Waals surface area (Å²) in [5.74, 6) is 1.67. The maximum absolute atomic E-state index is 12.8. The van der Waals surface area contributed by atoms with Crippen molar-refractivity contribution in [3.8, 4) is 0 Å². The molecule has 6 atom stereocenters. The Balaban J connectivity index is 0.00000158. The van der Waals surface area contributed by atoms with Gasteiger partial charge in [-0.15, -0.1) is 0 Å². The van der Waals surface area contributed by atoms with Crippen LogP contribution >= 0.6 is 0 Å². The predicted molar refractivity (Wildman–Crippen MR) is 142 cm³/mol. The van der Waals surface area contributed by atoms with E-state index in [9.17, 15) is 15.0 Å². The lowest BCUT2D eigenvalue weighted by Crippen LogP contribution is -2.53. The quantitative estimate of drug-likeness (QED) is 0.403. The fourth-order valence-corrected chi connectivity index (χ4v) is 8.98. The van der Waals surface area contributed by atoms with Gasteiger partial charge in [0.15, 0.2) is 0 Å². The molecule has 34 heavy (non-hydrogen) atoms. The van der Waals surface area contributed by atoms with E-state index in [-0.39, 0.29) is 16.2 Å². The number of carbonyl (C=O) groups excluding carboxylic acids is 1. The minimum atomic E-state index is -1.01. The molecule has 0 aliphatic heterocycles. The number of aliphatic hydroxyl groups excluding tert-OH is 1. The van der Waals surface area contributed by atoms with Gasteiger partial charge in [-0.1, -0.05) is 66.0 Å². The number of aliphatic hydroxyl groups is 2. The molecule has 0 amide bonds. The van der Waals surface area contributed by atoms with E-state index in [0.717, 1.165) is 25.7 Å². The molecule has 0 aromatic rings. The largest absolute Gasteiger partial charge is 0.390 e. The Morgan fingerprint density at radius 1 is 0.941 bits per heavy atom. The molecule has 2 fully saturated rings. The van der Waals surface area contributed by atoms with Crippen LogP contribution in [0.25, 0.3) is 0 Å². The van der Waals surface area contributed by atoms with E-state index >= 15 is 0 Å². The smallest absolute Gasteiger partial charge is 0.138 e. The summed E-state index contributed by atoms with van der Waals surface area (Å²) in [6.07, 6.45) is 11.4. The molecule has 0 saturated heterocycles. The van der Waals surface area contributed by atoms with Crippen molar-refractivity contribution in [1.82, 2.24) is 0 Å². The lowest BCUT2D eigenvalue weighted by atomic mass is 9.43. The third-order valence-electron chi connectivity index (χ3n) is 11.5. The van der Waals surface area contributed by atoms with Gasteiger partial charge in [-0.25, -0.2) is 0 Å². The van der Waals surface area contributed by atoms with Crippen LogP contribution in [0.3, 0.4) is 0 Å². The van der Waals surface area contributed by atoms with Crippen molar-refractivity contribution >= 4 is 5.78 Å². The molecule has 0 bridgehead atoms. The Morgan fingerprint density at radius 3 is 2.21 bits per heavy atom. The van der Waals surface area contributed by atoms with Crippen LogP contribution in [0.15, 0.2) is 11.1 Å². The molecule has 4 aliphatic rings. The zero-order valence-electron chi connectivity index (χ0n) is 23.8. The fourth-order valence-electron chi connectivity index (χ4n) is 8.98. The maximum atomic E-state index is 12.8. The van der Waals surface area contributed by atoms with E-state index in [4.69, 9.17) is 0 Å². The third-order valence-corrected chi connectivity index (χ3v) is 11.5. The molecule has 196 valence electrons. The Hall–Kier alpha value is -0.670. The van der Waals surface area contributed by atoms with E-state index in [2.05, 4.69) is 34.6 Å². The highest BCUT2D eigenvalue weighted by atomic mass is 16.3. The van der Waals surface area contributed by atoms with Gasteiger partial charge in [0.2, 0.25) is 0 Å². The molecule has 0 aromatic heterocycles.